The Balaban J connectivity index is 2.97. The average Bonchev–Trinajstić information content (AvgIpc) is 2.15. The smallest absolute Gasteiger partial charge is 0.144 e. The van der Waals surface area contributed by atoms with Crippen LogP contribution in [0.25, 0.3) is 10.9 Å². The number of rotatable bonds is 0. The number of aromatic nitrogens is 1. The highest BCUT2D eigenvalue weighted by Gasteiger charge is 2.06. The summed E-state index contributed by atoms with van der Waals surface area (Å²) >= 11 is 5.98. The molecular weight excluding hydrogens is 184 g/mol. The molecule has 0 fully saturated rings. The Labute approximate surface area is 81.6 Å². The number of hydrogen-bond acceptors (Lipinski definition) is 2. The predicted molar refractivity (Wildman–Crippen MR) is 56.6 cm³/mol. The number of halogens is 1. The summed E-state index contributed by atoms with van der Waals surface area (Å²) in [6.07, 6.45) is 1.64. The van der Waals surface area contributed by atoms with Gasteiger partial charge in [0.25, 0.3) is 0 Å². The molecule has 13 heavy (non-hydrogen) atoms. The lowest BCUT2D eigenvalue weighted by atomic mass is 9.93. The number of pyridine rings is 1. The lowest BCUT2D eigenvalue weighted by Crippen LogP contribution is -2.03. The van der Waals surface area contributed by atoms with Gasteiger partial charge in [0.1, 0.15) is 19.1 Å². The zero-order valence-corrected chi connectivity index (χ0v) is 7.84. The third-order valence-corrected chi connectivity index (χ3v) is 2.32. The van der Waals surface area contributed by atoms with Gasteiger partial charge in [-0.3, -0.25) is 4.98 Å². The fourth-order valence-corrected chi connectivity index (χ4v) is 1.63. The summed E-state index contributed by atoms with van der Waals surface area (Å²) in [5.41, 5.74) is 1.31. The van der Waals surface area contributed by atoms with Gasteiger partial charge in [-0.15, -0.1) is 0 Å². The van der Waals surface area contributed by atoms with Crippen LogP contribution in [0.1, 0.15) is 0 Å². The maximum absolute atomic E-state index is 9.66. The van der Waals surface area contributed by atoms with Gasteiger partial charge in [0.05, 0.1) is 0 Å². The molecule has 0 aliphatic rings. The van der Waals surface area contributed by atoms with E-state index in [0.717, 1.165) is 10.8 Å². The average molecular weight is 191 g/mol. The van der Waals surface area contributed by atoms with Crippen molar-refractivity contribution in [2.75, 3.05) is 0 Å². The van der Waals surface area contributed by atoms with Crippen LogP contribution in [0.3, 0.4) is 0 Å². The van der Waals surface area contributed by atoms with Crippen molar-refractivity contribution in [2.24, 2.45) is 0 Å². The first-order valence-corrected chi connectivity index (χ1v) is 4.31. The Bertz CT molecular complexity index is 472. The minimum Gasteiger partial charge on any atom is -0.506 e. The van der Waals surface area contributed by atoms with Crippen LogP contribution >= 0.6 is 11.6 Å². The fourth-order valence-electron chi connectivity index (χ4n) is 1.31. The first-order valence-electron chi connectivity index (χ1n) is 3.93. The molecule has 0 aliphatic heterocycles. The number of phenols is 1. The fraction of sp³-hybridized carbons (Fsp3) is 0. The molecule has 0 amide bonds. The Hall–Kier alpha value is -1.22. The van der Waals surface area contributed by atoms with Gasteiger partial charge in [-0.25, -0.2) is 0 Å². The van der Waals surface area contributed by atoms with Crippen LogP contribution in [-0.4, -0.2) is 17.9 Å². The van der Waals surface area contributed by atoms with E-state index in [-0.39, 0.29) is 5.75 Å². The van der Waals surface area contributed by atoms with Gasteiger partial charge < -0.3 is 5.11 Å². The molecule has 0 bridgehead atoms. The molecule has 64 valence electrons. The van der Waals surface area contributed by atoms with Gasteiger partial charge in [0.2, 0.25) is 0 Å². The number of aromatic hydroxyl groups is 1. The van der Waals surface area contributed by atoms with Crippen LogP contribution in [0.5, 0.6) is 5.75 Å². The maximum atomic E-state index is 9.66. The minimum atomic E-state index is 0.208. The standard InChI is InChI=1S/C9H7BClNO/c10-6-4-7(11)5-2-1-3-12-8(5)9(6)13/h1-4,13H,10H2. The predicted octanol–water partition coefficient (Wildman–Crippen LogP) is 0.852. The summed E-state index contributed by atoms with van der Waals surface area (Å²) < 4.78 is 0. The zero-order valence-electron chi connectivity index (χ0n) is 7.08. The highest BCUT2D eigenvalue weighted by Crippen LogP contribution is 2.26. The molecule has 0 unspecified atom stereocenters. The van der Waals surface area contributed by atoms with Crippen LogP contribution in [0.15, 0.2) is 24.4 Å². The molecule has 0 saturated carbocycles. The summed E-state index contributed by atoms with van der Waals surface area (Å²) in [5, 5.41) is 11.1. The SMILES string of the molecule is Bc1cc(Cl)c2cccnc2c1O. The van der Waals surface area contributed by atoms with Crippen molar-refractivity contribution < 1.29 is 5.11 Å². The highest BCUT2D eigenvalue weighted by atomic mass is 35.5. The molecule has 0 aliphatic carbocycles. The van der Waals surface area contributed by atoms with Gasteiger partial charge in [0.15, 0.2) is 0 Å². The Kier molecular flexibility index (Phi) is 1.89. The van der Waals surface area contributed by atoms with Crippen LogP contribution in [0, 0.1) is 0 Å². The van der Waals surface area contributed by atoms with Crippen LogP contribution in [-0.2, 0) is 0 Å². The molecule has 0 radical (unpaired) electrons. The van der Waals surface area contributed by atoms with E-state index in [0.29, 0.717) is 10.5 Å². The lowest BCUT2D eigenvalue weighted by Gasteiger charge is -2.04. The first-order chi connectivity index (χ1) is 6.20. The highest BCUT2D eigenvalue weighted by molar-refractivity contribution is 6.41. The van der Waals surface area contributed by atoms with Crippen molar-refractivity contribution in [1.29, 1.82) is 0 Å². The van der Waals surface area contributed by atoms with Crippen molar-refractivity contribution >= 4 is 35.8 Å². The second-order valence-electron chi connectivity index (χ2n) is 2.92. The Morgan fingerprint density at radius 3 is 3.00 bits per heavy atom. The second-order valence-corrected chi connectivity index (χ2v) is 3.33. The molecule has 1 aromatic carbocycles. The van der Waals surface area contributed by atoms with E-state index in [1.807, 2.05) is 6.07 Å². The molecule has 2 aromatic rings. The van der Waals surface area contributed by atoms with Crippen molar-refractivity contribution in [3.63, 3.8) is 0 Å². The number of nitrogens with zero attached hydrogens (tertiary/aromatic N) is 1. The van der Waals surface area contributed by atoms with E-state index in [2.05, 4.69) is 4.98 Å². The first kappa shape index (κ1) is 8.39. The summed E-state index contributed by atoms with van der Waals surface area (Å²) in [6, 6.07) is 5.37. The van der Waals surface area contributed by atoms with Crippen molar-refractivity contribution in [2.45, 2.75) is 0 Å². The third-order valence-electron chi connectivity index (χ3n) is 2.01. The largest absolute Gasteiger partial charge is 0.506 e. The van der Waals surface area contributed by atoms with Gasteiger partial charge in [-0.05, 0) is 23.7 Å². The normalized spacial score (nSPS) is 10.5. The topological polar surface area (TPSA) is 33.1 Å². The molecule has 1 heterocycles. The van der Waals surface area contributed by atoms with Gasteiger partial charge in [-0.1, -0.05) is 11.6 Å². The van der Waals surface area contributed by atoms with Crippen LogP contribution < -0.4 is 5.46 Å². The quantitative estimate of drug-likeness (QED) is 0.627. The van der Waals surface area contributed by atoms with Crippen molar-refractivity contribution in [1.82, 2.24) is 4.98 Å². The van der Waals surface area contributed by atoms with E-state index in [1.54, 1.807) is 26.2 Å². The molecule has 4 heteroatoms. The molecule has 0 atom stereocenters. The van der Waals surface area contributed by atoms with Gasteiger partial charge in [-0.2, -0.15) is 0 Å². The van der Waals surface area contributed by atoms with Crippen LogP contribution in [0.4, 0.5) is 0 Å². The molecular formula is C9H7BClNO. The molecule has 0 spiro atoms. The van der Waals surface area contributed by atoms with E-state index in [9.17, 15) is 5.11 Å². The number of hydrogen-bond donors (Lipinski definition) is 1. The molecule has 1 N–H and O–H groups in total. The number of benzene rings is 1. The molecule has 2 nitrogen and oxygen atoms in total. The maximum Gasteiger partial charge on any atom is 0.144 e. The summed E-state index contributed by atoms with van der Waals surface area (Å²) in [5.74, 6) is 0.208. The zero-order chi connectivity index (χ0) is 9.42. The summed E-state index contributed by atoms with van der Waals surface area (Å²) in [6.45, 7) is 0. The summed E-state index contributed by atoms with van der Waals surface area (Å²) in [7, 11) is 1.80. The van der Waals surface area contributed by atoms with Crippen LogP contribution in [0.2, 0.25) is 5.02 Å². The molecule has 2 rings (SSSR count). The minimum absolute atomic E-state index is 0.208. The molecule has 0 saturated heterocycles. The summed E-state index contributed by atoms with van der Waals surface area (Å²) in [4.78, 5) is 4.07. The monoisotopic (exact) mass is 191 g/mol. The number of fused-ring (bicyclic) bond motifs is 1. The lowest BCUT2D eigenvalue weighted by molar-refractivity contribution is 0.484. The Morgan fingerprint density at radius 2 is 2.23 bits per heavy atom. The van der Waals surface area contributed by atoms with E-state index in [4.69, 9.17) is 11.6 Å². The van der Waals surface area contributed by atoms with Gasteiger partial charge >= 0.3 is 0 Å². The Morgan fingerprint density at radius 1 is 1.46 bits per heavy atom. The second kappa shape index (κ2) is 2.93. The molecule has 1 aromatic heterocycles. The number of phenolic OH excluding ortho intramolecular Hbond substituents is 1. The third kappa shape index (κ3) is 1.25. The van der Waals surface area contributed by atoms with E-state index < -0.39 is 0 Å². The van der Waals surface area contributed by atoms with E-state index in [1.165, 1.54) is 0 Å². The van der Waals surface area contributed by atoms with E-state index >= 15 is 0 Å². The van der Waals surface area contributed by atoms with Crippen molar-refractivity contribution in [3.05, 3.63) is 29.4 Å². The van der Waals surface area contributed by atoms with Crippen molar-refractivity contribution in [3.8, 4) is 5.75 Å². The van der Waals surface area contributed by atoms with Gasteiger partial charge in [0, 0.05) is 16.6 Å².